The van der Waals surface area contributed by atoms with Crippen molar-refractivity contribution in [3.8, 4) is 5.75 Å². The lowest BCUT2D eigenvalue weighted by Gasteiger charge is -2.12. The number of amides is 1. The Morgan fingerprint density at radius 1 is 1.10 bits per heavy atom. The number of ether oxygens (including phenoxy) is 1. The number of rotatable bonds is 5. The first-order valence-corrected chi connectivity index (χ1v) is 7.07. The predicted octanol–water partition coefficient (Wildman–Crippen LogP) is 3.17. The fourth-order valence-electron chi connectivity index (χ4n) is 2.25. The van der Waals surface area contributed by atoms with Crippen LogP contribution in [-0.4, -0.2) is 13.0 Å². The number of carbonyl (C=O) groups is 1. The van der Waals surface area contributed by atoms with Crippen molar-refractivity contribution < 1.29 is 9.53 Å². The van der Waals surface area contributed by atoms with Crippen LogP contribution in [0.2, 0.25) is 0 Å². The molecule has 0 aliphatic rings. The molecule has 0 unspecified atom stereocenters. The van der Waals surface area contributed by atoms with Crippen LogP contribution in [0, 0.1) is 13.8 Å². The van der Waals surface area contributed by atoms with E-state index in [1.807, 2.05) is 43.3 Å². The number of likely N-dealkylation sites (N-methyl/N-ethyl adjacent to an activating group) is 1. The molecule has 0 saturated carbocycles. The Hall–Kier alpha value is -2.29. The summed E-state index contributed by atoms with van der Waals surface area (Å²) in [6, 6.07) is 14.0. The van der Waals surface area contributed by atoms with Gasteiger partial charge in [0.15, 0.2) is 0 Å². The van der Waals surface area contributed by atoms with Gasteiger partial charge in [-0.3, -0.25) is 4.79 Å². The molecule has 0 bridgehead atoms. The smallest absolute Gasteiger partial charge is 0.224 e. The van der Waals surface area contributed by atoms with Crippen LogP contribution in [0.3, 0.4) is 0 Å². The normalized spacial score (nSPS) is 10.2. The Labute approximate surface area is 126 Å². The second kappa shape index (κ2) is 6.93. The second-order valence-electron chi connectivity index (χ2n) is 5.18. The van der Waals surface area contributed by atoms with Gasteiger partial charge in [0.1, 0.15) is 12.4 Å². The van der Waals surface area contributed by atoms with E-state index in [1.165, 1.54) is 5.56 Å². The largest absolute Gasteiger partial charge is 0.489 e. The molecular formula is C18H21NO2. The molecule has 3 nitrogen and oxygen atoms in total. The molecule has 21 heavy (non-hydrogen) atoms. The third-order valence-corrected chi connectivity index (χ3v) is 3.46. The van der Waals surface area contributed by atoms with Crippen molar-refractivity contribution in [2.24, 2.45) is 0 Å². The van der Waals surface area contributed by atoms with Gasteiger partial charge >= 0.3 is 0 Å². The topological polar surface area (TPSA) is 38.3 Å². The van der Waals surface area contributed by atoms with Gasteiger partial charge in [-0.15, -0.1) is 0 Å². The van der Waals surface area contributed by atoms with E-state index in [0.717, 1.165) is 22.4 Å². The first-order chi connectivity index (χ1) is 10.1. The first kappa shape index (κ1) is 15.1. The quantitative estimate of drug-likeness (QED) is 0.915. The monoisotopic (exact) mass is 283 g/mol. The highest BCUT2D eigenvalue weighted by molar-refractivity contribution is 5.78. The van der Waals surface area contributed by atoms with E-state index in [4.69, 9.17) is 4.74 Å². The molecule has 3 heteroatoms. The standard InChI is InChI=1S/C18H21NO2/c1-13-8-9-17(14(2)10-13)21-12-16-7-5-4-6-15(16)11-18(20)19-3/h4-10H,11-12H2,1-3H3,(H,19,20). The summed E-state index contributed by atoms with van der Waals surface area (Å²) in [5.74, 6) is 0.893. The van der Waals surface area contributed by atoms with Crippen LogP contribution in [0.5, 0.6) is 5.75 Å². The third-order valence-electron chi connectivity index (χ3n) is 3.46. The zero-order valence-corrected chi connectivity index (χ0v) is 12.8. The lowest BCUT2D eigenvalue weighted by Crippen LogP contribution is -2.20. The van der Waals surface area contributed by atoms with Gasteiger partial charge in [-0.25, -0.2) is 0 Å². The SMILES string of the molecule is CNC(=O)Cc1ccccc1COc1ccc(C)cc1C. The van der Waals surface area contributed by atoms with E-state index < -0.39 is 0 Å². The van der Waals surface area contributed by atoms with Gasteiger partial charge in [0.05, 0.1) is 6.42 Å². The zero-order valence-electron chi connectivity index (χ0n) is 12.8. The average molecular weight is 283 g/mol. The third kappa shape index (κ3) is 4.09. The molecule has 0 fully saturated rings. The Bertz CT molecular complexity index is 635. The van der Waals surface area contributed by atoms with Crippen LogP contribution in [0.4, 0.5) is 0 Å². The molecule has 2 rings (SSSR count). The predicted molar refractivity (Wildman–Crippen MR) is 84.5 cm³/mol. The van der Waals surface area contributed by atoms with Gasteiger partial charge < -0.3 is 10.1 Å². The van der Waals surface area contributed by atoms with Crippen LogP contribution in [-0.2, 0) is 17.8 Å². The minimum absolute atomic E-state index is 0.00830. The van der Waals surface area contributed by atoms with Crippen LogP contribution < -0.4 is 10.1 Å². The van der Waals surface area contributed by atoms with Crippen LogP contribution >= 0.6 is 0 Å². The Balaban J connectivity index is 2.11. The number of nitrogens with one attached hydrogen (secondary N) is 1. The molecule has 2 aromatic rings. The number of hydrogen-bond donors (Lipinski definition) is 1. The van der Waals surface area contributed by atoms with Crippen LogP contribution in [0.1, 0.15) is 22.3 Å². The van der Waals surface area contributed by atoms with Crippen molar-refractivity contribution >= 4 is 5.91 Å². The van der Waals surface area contributed by atoms with Crippen molar-refractivity contribution in [1.82, 2.24) is 5.32 Å². The van der Waals surface area contributed by atoms with E-state index in [9.17, 15) is 4.79 Å². The van der Waals surface area contributed by atoms with Crippen molar-refractivity contribution in [2.45, 2.75) is 26.9 Å². The first-order valence-electron chi connectivity index (χ1n) is 7.07. The van der Waals surface area contributed by atoms with Gasteiger partial charge in [-0.2, -0.15) is 0 Å². The highest BCUT2D eigenvalue weighted by Gasteiger charge is 2.07. The zero-order chi connectivity index (χ0) is 15.2. The summed E-state index contributed by atoms with van der Waals surface area (Å²) in [5.41, 5.74) is 4.39. The minimum Gasteiger partial charge on any atom is -0.489 e. The van der Waals surface area contributed by atoms with Gasteiger partial charge in [0, 0.05) is 7.05 Å². The number of benzene rings is 2. The molecule has 0 aromatic heterocycles. The summed E-state index contributed by atoms with van der Waals surface area (Å²) in [5, 5.41) is 2.65. The number of hydrogen-bond acceptors (Lipinski definition) is 2. The van der Waals surface area contributed by atoms with Crippen LogP contribution in [0.25, 0.3) is 0 Å². The minimum atomic E-state index is 0.00830. The Morgan fingerprint density at radius 2 is 1.81 bits per heavy atom. The fraction of sp³-hybridized carbons (Fsp3) is 0.278. The number of carbonyl (C=O) groups excluding carboxylic acids is 1. The van der Waals surface area contributed by atoms with E-state index in [2.05, 4.69) is 18.3 Å². The highest BCUT2D eigenvalue weighted by atomic mass is 16.5. The van der Waals surface area contributed by atoms with Crippen molar-refractivity contribution in [2.75, 3.05) is 7.05 Å². The molecule has 0 heterocycles. The molecule has 110 valence electrons. The van der Waals surface area contributed by atoms with E-state index >= 15 is 0 Å². The van der Waals surface area contributed by atoms with Gasteiger partial charge in [-0.05, 0) is 36.6 Å². The van der Waals surface area contributed by atoms with Gasteiger partial charge in [0.25, 0.3) is 0 Å². The van der Waals surface area contributed by atoms with Crippen molar-refractivity contribution in [3.63, 3.8) is 0 Å². The summed E-state index contributed by atoms with van der Waals surface area (Å²) >= 11 is 0. The molecule has 0 radical (unpaired) electrons. The molecule has 0 saturated heterocycles. The molecular weight excluding hydrogens is 262 g/mol. The fourth-order valence-corrected chi connectivity index (χ4v) is 2.25. The summed E-state index contributed by atoms with van der Waals surface area (Å²) in [6.45, 7) is 4.57. The summed E-state index contributed by atoms with van der Waals surface area (Å²) in [4.78, 5) is 11.5. The molecule has 0 spiro atoms. The molecule has 2 aromatic carbocycles. The molecule has 0 aliphatic carbocycles. The molecule has 0 aliphatic heterocycles. The lowest BCUT2D eigenvalue weighted by molar-refractivity contribution is -0.119. The van der Waals surface area contributed by atoms with Crippen molar-refractivity contribution in [1.29, 1.82) is 0 Å². The van der Waals surface area contributed by atoms with Gasteiger partial charge in [0.2, 0.25) is 5.91 Å². The summed E-state index contributed by atoms with van der Waals surface area (Å²) in [7, 11) is 1.65. The summed E-state index contributed by atoms with van der Waals surface area (Å²) in [6.07, 6.45) is 0.378. The van der Waals surface area contributed by atoms with Crippen molar-refractivity contribution in [3.05, 3.63) is 64.7 Å². The van der Waals surface area contributed by atoms with E-state index in [1.54, 1.807) is 7.05 Å². The molecule has 1 amide bonds. The highest BCUT2D eigenvalue weighted by Crippen LogP contribution is 2.21. The lowest BCUT2D eigenvalue weighted by atomic mass is 10.0. The Kier molecular flexibility index (Phi) is 4.99. The number of aryl methyl sites for hydroxylation is 2. The van der Waals surface area contributed by atoms with E-state index in [0.29, 0.717) is 13.0 Å². The van der Waals surface area contributed by atoms with Gasteiger partial charge in [-0.1, -0.05) is 42.0 Å². The maximum atomic E-state index is 11.5. The molecule has 1 N–H and O–H groups in total. The second-order valence-corrected chi connectivity index (χ2v) is 5.18. The maximum Gasteiger partial charge on any atom is 0.224 e. The molecule has 0 atom stereocenters. The Morgan fingerprint density at radius 3 is 2.48 bits per heavy atom. The van der Waals surface area contributed by atoms with Crippen LogP contribution in [0.15, 0.2) is 42.5 Å². The van der Waals surface area contributed by atoms with E-state index in [-0.39, 0.29) is 5.91 Å². The maximum absolute atomic E-state index is 11.5. The average Bonchev–Trinajstić information content (AvgIpc) is 2.47. The summed E-state index contributed by atoms with van der Waals surface area (Å²) < 4.78 is 5.90.